The van der Waals surface area contributed by atoms with Gasteiger partial charge < -0.3 is 15.0 Å². The minimum atomic E-state index is -3.78. The molecule has 0 saturated heterocycles. The normalized spacial score (nSPS) is 11.1. The first-order chi connectivity index (χ1) is 9.83. The van der Waals surface area contributed by atoms with Crippen LogP contribution in [-0.4, -0.2) is 30.1 Å². The number of hydrogen-bond acceptors (Lipinski definition) is 5. The van der Waals surface area contributed by atoms with Crippen molar-refractivity contribution in [2.24, 2.45) is 12.8 Å². The highest BCUT2D eigenvalue weighted by molar-refractivity contribution is 7.92. The predicted molar refractivity (Wildman–Crippen MR) is 82.9 cm³/mol. The second kappa shape index (κ2) is 5.70. The van der Waals surface area contributed by atoms with Crippen LogP contribution >= 0.6 is 12.2 Å². The number of ether oxygens (including phenoxy) is 1. The fraction of sp³-hybridized carbons (Fsp3) is 0.167. The van der Waals surface area contributed by atoms with E-state index < -0.39 is 10.0 Å². The highest BCUT2D eigenvalue weighted by Gasteiger charge is 2.19. The van der Waals surface area contributed by atoms with Gasteiger partial charge in [-0.3, -0.25) is 4.72 Å². The Morgan fingerprint density at radius 1 is 1.48 bits per heavy atom. The monoisotopic (exact) mass is 326 g/mol. The van der Waals surface area contributed by atoms with E-state index in [0.717, 1.165) is 0 Å². The quantitative estimate of drug-likeness (QED) is 0.791. The molecule has 1 aromatic heterocycles. The second-order valence-electron chi connectivity index (χ2n) is 4.26. The van der Waals surface area contributed by atoms with E-state index in [4.69, 9.17) is 22.7 Å². The lowest BCUT2D eigenvalue weighted by atomic mass is 10.2. The Morgan fingerprint density at radius 3 is 2.71 bits per heavy atom. The maximum absolute atomic E-state index is 12.2. The van der Waals surface area contributed by atoms with E-state index in [2.05, 4.69) is 9.71 Å². The van der Waals surface area contributed by atoms with Crippen LogP contribution in [0.1, 0.15) is 5.56 Å². The zero-order valence-corrected chi connectivity index (χ0v) is 13.0. The van der Waals surface area contributed by atoms with Gasteiger partial charge in [0.25, 0.3) is 10.0 Å². The Morgan fingerprint density at radius 2 is 2.19 bits per heavy atom. The molecular formula is C12H14N4O3S2. The molecule has 3 N–H and O–H groups in total. The number of aryl methyl sites for hydroxylation is 1. The maximum atomic E-state index is 12.2. The third kappa shape index (κ3) is 3.31. The van der Waals surface area contributed by atoms with Gasteiger partial charge in [0.1, 0.15) is 10.7 Å². The number of benzene rings is 1. The molecular weight excluding hydrogens is 312 g/mol. The molecule has 1 aromatic carbocycles. The molecule has 7 nitrogen and oxygen atoms in total. The molecule has 0 atom stereocenters. The van der Waals surface area contributed by atoms with Crippen LogP contribution in [0, 0.1) is 0 Å². The molecule has 0 aliphatic rings. The van der Waals surface area contributed by atoms with Gasteiger partial charge in [0, 0.05) is 18.8 Å². The van der Waals surface area contributed by atoms with E-state index in [-0.39, 0.29) is 15.7 Å². The lowest BCUT2D eigenvalue weighted by molar-refractivity contribution is 0.417. The highest BCUT2D eigenvalue weighted by Crippen LogP contribution is 2.27. The molecule has 1 heterocycles. The molecule has 0 amide bonds. The lowest BCUT2D eigenvalue weighted by Crippen LogP contribution is -2.15. The molecule has 0 radical (unpaired) electrons. The van der Waals surface area contributed by atoms with Gasteiger partial charge in [-0.2, -0.15) is 8.42 Å². The van der Waals surface area contributed by atoms with E-state index >= 15 is 0 Å². The summed E-state index contributed by atoms with van der Waals surface area (Å²) in [4.78, 5) is 4.02. The first-order valence-corrected chi connectivity index (χ1v) is 7.71. The molecule has 2 aromatic rings. The van der Waals surface area contributed by atoms with Crippen LogP contribution in [0.3, 0.4) is 0 Å². The minimum absolute atomic E-state index is 0.0783. The fourth-order valence-electron chi connectivity index (χ4n) is 1.65. The number of sulfonamides is 1. The minimum Gasteiger partial charge on any atom is -0.495 e. The van der Waals surface area contributed by atoms with E-state index in [9.17, 15) is 8.42 Å². The summed E-state index contributed by atoms with van der Waals surface area (Å²) in [6.07, 6.45) is 2.81. The summed E-state index contributed by atoms with van der Waals surface area (Å²) < 4.78 is 33.5. The lowest BCUT2D eigenvalue weighted by Gasteiger charge is -2.11. The summed E-state index contributed by atoms with van der Waals surface area (Å²) in [5, 5.41) is -0.0783. The molecule has 112 valence electrons. The summed E-state index contributed by atoms with van der Waals surface area (Å²) in [6, 6.07) is 4.72. The van der Waals surface area contributed by atoms with Crippen LogP contribution in [0.15, 0.2) is 35.7 Å². The van der Waals surface area contributed by atoms with Crippen molar-refractivity contribution >= 4 is 32.9 Å². The van der Waals surface area contributed by atoms with Crippen molar-refractivity contribution in [1.82, 2.24) is 9.55 Å². The van der Waals surface area contributed by atoms with Gasteiger partial charge in [-0.1, -0.05) is 12.2 Å². The van der Waals surface area contributed by atoms with Crippen molar-refractivity contribution in [3.63, 3.8) is 0 Å². The smallest absolute Gasteiger partial charge is 0.281 e. The van der Waals surface area contributed by atoms with Crippen LogP contribution in [-0.2, 0) is 17.1 Å². The van der Waals surface area contributed by atoms with Gasteiger partial charge in [-0.25, -0.2) is 4.98 Å². The Kier molecular flexibility index (Phi) is 4.14. The number of hydrogen-bond donors (Lipinski definition) is 2. The van der Waals surface area contributed by atoms with Crippen molar-refractivity contribution < 1.29 is 13.2 Å². The second-order valence-corrected chi connectivity index (χ2v) is 6.33. The number of imidazole rings is 1. The molecule has 2 rings (SSSR count). The summed E-state index contributed by atoms with van der Waals surface area (Å²) in [7, 11) is -0.672. The van der Waals surface area contributed by atoms with E-state index in [1.807, 2.05) is 0 Å². The molecule has 9 heteroatoms. The van der Waals surface area contributed by atoms with Gasteiger partial charge in [-0.15, -0.1) is 0 Å². The van der Waals surface area contributed by atoms with Gasteiger partial charge in [0.15, 0.2) is 5.03 Å². The molecule has 0 aliphatic heterocycles. The average molecular weight is 326 g/mol. The Hall–Kier alpha value is -2.13. The number of nitrogens with zero attached hydrogens (tertiary/aromatic N) is 2. The highest BCUT2D eigenvalue weighted by atomic mass is 32.2. The number of nitrogens with one attached hydrogen (secondary N) is 1. The van der Waals surface area contributed by atoms with Crippen molar-refractivity contribution in [2.75, 3.05) is 11.8 Å². The average Bonchev–Trinajstić information content (AvgIpc) is 2.86. The third-order valence-corrected chi connectivity index (χ3v) is 4.17. The van der Waals surface area contributed by atoms with Crippen LogP contribution in [0.2, 0.25) is 0 Å². The molecule has 0 unspecified atom stereocenters. The Balaban J connectivity index is 2.37. The van der Waals surface area contributed by atoms with Gasteiger partial charge in [0.05, 0.1) is 19.1 Å². The van der Waals surface area contributed by atoms with Gasteiger partial charge in [0.2, 0.25) is 0 Å². The third-order valence-electron chi connectivity index (χ3n) is 2.69. The first-order valence-electron chi connectivity index (χ1n) is 5.82. The number of nitrogens with two attached hydrogens (primary N) is 1. The molecule has 0 bridgehead atoms. The van der Waals surface area contributed by atoms with Crippen molar-refractivity contribution in [1.29, 1.82) is 0 Å². The van der Waals surface area contributed by atoms with Crippen LogP contribution < -0.4 is 15.2 Å². The number of aromatic nitrogens is 2. The van der Waals surface area contributed by atoms with Crippen molar-refractivity contribution in [2.45, 2.75) is 5.03 Å². The van der Waals surface area contributed by atoms with Crippen LogP contribution in [0.4, 0.5) is 5.69 Å². The van der Waals surface area contributed by atoms with Gasteiger partial charge >= 0.3 is 0 Å². The molecule has 0 saturated carbocycles. The summed E-state index contributed by atoms with van der Waals surface area (Å²) >= 11 is 4.87. The zero-order valence-electron chi connectivity index (χ0n) is 11.4. The summed E-state index contributed by atoms with van der Waals surface area (Å²) in [6.45, 7) is 0. The summed E-state index contributed by atoms with van der Waals surface area (Å²) in [5.41, 5.74) is 6.40. The number of rotatable bonds is 5. The largest absolute Gasteiger partial charge is 0.495 e. The summed E-state index contributed by atoms with van der Waals surface area (Å²) in [5.74, 6) is 0.319. The predicted octanol–water partition coefficient (Wildman–Crippen LogP) is 0.864. The van der Waals surface area contributed by atoms with Crippen molar-refractivity contribution in [3.8, 4) is 5.75 Å². The molecule has 0 fully saturated rings. The van der Waals surface area contributed by atoms with E-state index in [1.165, 1.54) is 25.7 Å². The van der Waals surface area contributed by atoms with E-state index in [0.29, 0.717) is 11.3 Å². The fourth-order valence-corrected chi connectivity index (χ4v) is 2.83. The maximum Gasteiger partial charge on any atom is 0.281 e. The van der Waals surface area contributed by atoms with Gasteiger partial charge in [-0.05, 0) is 18.2 Å². The first kappa shape index (κ1) is 15.3. The van der Waals surface area contributed by atoms with Crippen molar-refractivity contribution in [3.05, 3.63) is 36.3 Å². The van der Waals surface area contributed by atoms with E-state index in [1.54, 1.807) is 23.7 Å². The standard InChI is InChI=1S/C12H14N4O3S2/c1-16-6-11(14-7-16)21(17,18)15-9-4-3-8(12(13)20)5-10(9)19-2/h3-7,15H,1-2H3,(H2,13,20). The van der Waals surface area contributed by atoms with Crippen LogP contribution in [0.25, 0.3) is 0 Å². The molecule has 0 spiro atoms. The number of anilines is 1. The topological polar surface area (TPSA) is 99.2 Å². The van der Waals surface area contributed by atoms with Crippen LogP contribution in [0.5, 0.6) is 5.75 Å². The Bertz CT molecular complexity index is 784. The SMILES string of the molecule is COc1cc(C(N)=S)ccc1NS(=O)(=O)c1cn(C)cn1. The molecule has 0 aliphatic carbocycles. The Labute approximate surface area is 127 Å². The molecule has 21 heavy (non-hydrogen) atoms. The number of thiocarbonyl (C=S) groups is 1. The number of methoxy groups -OCH3 is 1. The zero-order chi connectivity index (χ0) is 15.6.